The predicted octanol–water partition coefficient (Wildman–Crippen LogP) is 8.47. The van der Waals surface area contributed by atoms with Gasteiger partial charge in [-0.15, -0.1) is 23.1 Å². The van der Waals surface area contributed by atoms with Gasteiger partial charge in [0.25, 0.3) is 11.8 Å². The van der Waals surface area contributed by atoms with Crippen LogP contribution in [0.5, 0.6) is 0 Å². The SMILES string of the molecule is CCOC(=O)c1c(NC(=O)C(Sc2cccc(NC(=O)/C(=C\c3cccc(Br)c3)NC(=O)c3ccccc3)c2)c2ccccc2)sc2c1CCN(C(C)=O)C2. The third kappa shape index (κ3) is 9.98. The standard InChI is InChI=1S/C42H37BrN4O6S2/c1-3-53-42(52)36-33-20-21-47(26(2)48)25-35(33)55-41(36)46-40(51)37(28-13-6-4-7-14-28)54-32-19-11-18-31(24-32)44-39(50)34(23-27-12-10-17-30(43)22-27)45-38(49)29-15-8-5-9-16-29/h4-19,22-24,37H,3,20-21,25H2,1-2H3,(H,44,50)(H,45,49)(H,46,51)/b34-23+. The van der Waals surface area contributed by atoms with Crippen LogP contribution in [-0.2, 0) is 32.1 Å². The molecule has 1 aromatic heterocycles. The zero-order chi connectivity index (χ0) is 38.9. The van der Waals surface area contributed by atoms with Crippen LogP contribution in [0, 0.1) is 0 Å². The van der Waals surface area contributed by atoms with E-state index in [1.807, 2.05) is 60.7 Å². The molecule has 2 heterocycles. The van der Waals surface area contributed by atoms with Crippen LogP contribution < -0.4 is 16.0 Å². The van der Waals surface area contributed by atoms with E-state index in [0.29, 0.717) is 51.8 Å². The van der Waals surface area contributed by atoms with Crippen LogP contribution in [0.3, 0.4) is 0 Å². The van der Waals surface area contributed by atoms with Gasteiger partial charge in [-0.3, -0.25) is 19.2 Å². The van der Waals surface area contributed by atoms with Crippen molar-refractivity contribution in [1.29, 1.82) is 0 Å². The third-order valence-electron chi connectivity index (χ3n) is 8.59. The number of halogens is 1. The lowest BCUT2D eigenvalue weighted by molar-refractivity contribution is -0.129. The van der Waals surface area contributed by atoms with Gasteiger partial charge in [-0.2, -0.15) is 0 Å². The lowest BCUT2D eigenvalue weighted by Crippen LogP contribution is -2.34. The summed E-state index contributed by atoms with van der Waals surface area (Å²) in [4.78, 5) is 69.8. The van der Waals surface area contributed by atoms with Gasteiger partial charge in [0, 0.05) is 39.0 Å². The lowest BCUT2D eigenvalue weighted by atomic mass is 10.0. The molecule has 1 atom stereocenters. The molecule has 1 aliphatic heterocycles. The number of nitrogens with zero attached hydrogens (tertiary/aromatic N) is 1. The second kappa shape index (κ2) is 18.2. The van der Waals surface area contributed by atoms with Crippen LogP contribution in [0.2, 0.25) is 0 Å². The van der Waals surface area contributed by atoms with Crippen molar-refractivity contribution in [3.8, 4) is 0 Å². The van der Waals surface area contributed by atoms with E-state index in [9.17, 15) is 24.0 Å². The highest BCUT2D eigenvalue weighted by atomic mass is 79.9. The monoisotopic (exact) mass is 836 g/mol. The zero-order valence-electron chi connectivity index (χ0n) is 30.0. The summed E-state index contributed by atoms with van der Waals surface area (Å²) in [6.45, 7) is 4.23. The average molecular weight is 838 g/mol. The average Bonchev–Trinajstić information content (AvgIpc) is 3.54. The van der Waals surface area contributed by atoms with E-state index in [0.717, 1.165) is 20.5 Å². The van der Waals surface area contributed by atoms with E-state index in [1.54, 1.807) is 66.4 Å². The van der Waals surface area contributed by atoms with Crippen LogP contribution in [0.4, 0.5) is 10.7 Å². The Hall–Kier alpha value is -5.50. The van der Waals surface area contributed by atoms with Gasteiger partial charge in [0.15, 0.2) is 0 Å². The Bertz CT molecular complexity index is 2260. The van der Waals surface area contributed by atoms with Gasteiger partial charge in [0.2, 0.25) is 11.8 Å². The number of hydrogen-bond donors (Lipinski definition) is 3. The first-order chi connectivity index (χ1) is 26.6. The molecule has 10 nitrogen and oxygen atoms in total. The predicted molar refractivity (Wildman–Crippen MR) is 220 cm³/mol. The number of ether oxygens (including phenoxy) is 1. The number of amides is 4. The van der Waals surface area contributed by atoms with Crippen molar-refractivity contribution in [2.75, 3.05) is 23.8 Å². The van der Waals surface area contributed by atoms with E-state index in [1.165, 1.54) is 30.0 Å². The van der Waals surface area contributed by atoms with Gasteiger partial charge in [0.05, 0.1) is 18.7 Å². The summed E-state index contributed by atoms with van der Waals surface area (Å²) in [7, 11) is 0. The van der Waals surface area contributed by atoms with Crippen molar-refractivity contribution in [3.05, 3.63) is 152 Å². The second-order valence-corrected chi connectivity index (χ2v) is 15.6. The van der Waals surface area contributed by atoms with Gasteiger partial charge in [-0.05, 0) is 78.6 Å². The minimum absolute atomic E-state index is 0.0361. The fourth-order valence-corrected chi connectivity index (χ4v) is 8.70. The molecule has 1 unspecified atom stereocenters. The molecule has 0 spiro atoms. The molecule has 4 aromatic carbocycles. The number of hydrogen-bond acceptors (Lipinski definition) is 8. The number of carbonyl (C=O) groups is 5. The van der Waals surface area contributed by atoms with Crippen LogP contribution in [0.25, 0.3) is 6.08 Å². The minimum atomic E-state index is -0.757. The maximum Gasteiger partial charge on any atom is 0.341 e. The molecule has 0 radical (unpaired) electrons. The molecule has 0 fully saturated rings. The topological polar surface area (TPSA) is 134 Å². The first-order valence-electron chi connectivity index (χ1n) is 17.4. The maximum absolute atomic E-state index is 14.2. The third-order valence-corrected chi connectivity index (χ3v) is 11.5. The van der Waals surface area contributed by atoms with E-state index >= 15 is 0 Å². The van der Waals surface area contributed by atoms with Gasteiger partial charge in [-0.1, -0.05) is 82.7 Å². The number of nitrogens with one attached hydrogen (secondary N) is 3. The lowest BCUT2D eigenvalue weighted by Gasteiger charge is -2.25. The number of fused-ring (bicyclic) bond motifs is 1. The fourth-order valence-electron chi connectivity index (χ4n) is 5.94. The quantitative estimate of drug-likeness (QED) is 0.0653. The molecule has 0 saturated carbocycles. The fraction of sp³-hybridized carbons (Fsp3) is 0.167. The molecule has 13 heteroatoms. The van der Waals surface area contributed by atoms with Crippen molar-refractivity contribution >= 4 is 85.4 Å². The Morgan fingerprint density at radius 3 is 2.35 bits per heavy atom. The minimum Gasteiger partial charge on any atom is -0.462 e. The van der Waals surface area contributed by atoms with Crippen LogP contribution in [0.1, 0.15) is 61.4 Å². The van der Waals surface area contributed by atoms with Gasteiger partial charge in [-0.25, -0.2) is 4.79 Å². The second-order valence-electron chi connectivity index (χ2n) is 12.4. The molecule has 3 N–H and O–H groups in total. The summed E-state index contributed by atoms with van der Waals surface area (Å²) in [6, 6.07) is 32.3. The molecule has 280 valence electrons. The molecular weight excluding hydrogens is 801 g/mol. The molecule has 0 aliphatic carbocycles. The van der Waals surface area contributed by atoms with E-state index < -0.39 is 23.0 Å². The largest absolute Gasteiger partial charge is 0.462 e. The summed E-state index contributed by atoms with van der Waals surface area (Å²) in [5, 5.41) is 8.31. The van der Waals surface area contributed by atoms with E-state index in [4.69, 9.17) is 4.74 Å². The Labute approximate surface area is 335 Å². The van der Waals surface area contributed by atoms with Crippen LogP contribution >= 0.6 is 39.0 Å². The molecular formula is C42H37BrN4O6S2. The van der Waals surface area contributed by atoms with Crippen molar-refractivity contribution in [1.82, 2.24) is 10.2 Å². The maximum atomic E-state index is 14.2. The summed E-state index contributed by atoms with van der Waals surface area (Å²) in [5.74, 6) is -1.92. The highest BCUT2D eigenvalue weighted by molar-refractivity contribution is 9.10. The van der Waals surface area contributed by atoms with Crippen molar-refractivity contribution < 1.29 is 28.7 Å². The molecule has 0 saturated heterocycles. The number of thioether (sulfide) groups is 1. The highest BCUT2D eigenvalue weighted by Gasteiger charge is 2.32. The summed E-state index contributed by atoms with van der Waals surface area (Å²) < 4.78 is 6.21. The molecule has 4 amide bonds. The molecule has 5 aromatic rings. The van der Waals surface area contributed by atoms with Crippen LogP contribution in [0.15, 0.2) is 124 Å². The zero-order valence-corrected chi connectivity index (χ0v) is 33.2. The van der Waals surface area contributed by atoms with E-state index in [-0.39, 0.29) is 24.1 Å². The first kappa shape index (κ1) is 39.2. The number of anilines is 2. The molecule has 0 bridgehead atoms. The Morgan fingerprint density at radius 1 is 0.909 bits per heavy atom. The summed E-state index contributed by atoms with van der Waals surface area (Å²) >= 11 is 6.01. The summed E-state index contributed by atoms with van der Waals surface area (Å²) in [5.41, 5.74) is 3.42. The number of carbonyl (C=O) groups excluding carboxylic acids is 5. The van der Waals surface area contributed by atoms with Gasteiger partial charge >= 0.3 is 5.97 Å². The number of thiophene rings is 1. The number of rotatable bonds is 12. The Kier molecular flexibility index (Phi) is 13.0. The van der Waals surface area contributed by atoms with Crippen molar-refractivity contribution in [3.63, 3.8) is 0 Å². The summed E-state index contributed by atoms with van der Waals surface area (Å²) in [6.07, 6.45) is 2.07. The van der Waals surface area contributed by atoms with Gasteiger partial charge < -0.3 is 25.6 Å². The van der Waals surface area contributed by atoms with Gasteiger partial charge in [0.1, 0.15) is 15.9 Å². The number of esters is 1. The van der Waals surface area contributed by atoms with Crippen LogP contribution in [-0.4, -0.2) is 47.6 Å². The highest BCUT2D eigenvalue weighted by Crippen LogP contribution is 2.41. The Balaban J connectivity index is 1.26. The Morgan fingerprint density at radius 2 is 1.64 bits per heavy atom. The molecule has 6 rings (SSSR count). The normalized spacial score (nSPS) is 12.9. The first-order valence-corrected chi connectivity index (χ1v) is 19.9. The number of benzene rings is 4. The molecule has 55 heavy (non-hydrogen) atoms. The van der Waals surface area contributed by atoms with Crippen molar-refractivity contribution in [2.45, 2.75) is 37.0 Å². The van der Waals surface area contributed by atoms with E-state index in [2.05, 4.69) is 31.9 Å². The molecule has 1 aliphatic rings. The van der Waals surface area contributed by atoms with Crippen molar-refractivity contribution in [2.24, 2.45) is 0 Å². The smallest absolute Gasteiger partial charge is 0.341 e.